The first-order valence-electron chi connectivity index (χ1n) is 9.86. The maximum Gasteiger partial charge on any atom is 0.214 e. The van der Waals surface area contributed by atoms with Crippen LogP contribution in [0.5, 0.6) is 11.5 Å². The molecule has 0 atom stereocenters. The van der Waals surface area contributed by atoms with Gasteiger partial charge in [0.15, 0.2) is 17.3 Å². The molecule has 0 radical (unpaired) electrons. The summed E-state index contributed by atoms with van der Waals surface area (Å²) in [6, 6.07) is 19.1. The van der Waals surface area contributed by atoms with Crippen LogP contribution in [0.1, 0.15) is 11.1 Å². The summed E-state index contributed by atoms with van der Waals surface area (Å²) in [4.78, 5) is 0. The van der Waals surface area contributed by atoms with E-state index in [9.17, 15) is 0 Å². The van der Waals surface area contributed by atoms with Gasteiger partial charge in [-0.2, -0.15) is 5.10 Å². The minimum absolute atomic E-state index is 0.314. The predicted octanol–water partition coefficient (Wildman–Crippen LogP) is 7.01. The molecule has 4 aromatic rings. The molecule has 0 fully saturated rings. The molecule has 1 aromatic heterocycles. The van der Waals surface area contributed by atoms with Gasteiger partial charge in [-0.15, -0.1) is 0 Å². The standard InChI is InChI=1S/C23H19BrCl2N4O2S/c1-31-20-11-15(9-17(24)21(20)32-13-14-7-8-18(25)19(26)10-14)12-27-30-22(28-29-23(30)33)16-5-3-2-4-6-16/h2-11,27H,12-13H2,1H3,(H,29,33). The van der Waals surface area contributed by atoms with Gasteiger partial charge in [0, 0.05) is 5.56 Å². The summed E-state index contributed by atoms with van der Waals surface area (Å²) < 4.78 is 14.6. The fourth-order valence-electron chi connectivity index (χ4n) is 3.20. The Morgan fingerprint density at radius 2 is 1.85 bits per heavy atom. The smallest absolute Gasteiger partial charge is 0.214 e. The molecule has 0 bridgehead atoms. The van der Waals surface area contributed by atoms with E-state index < -0.39 is 0 Å². The van der Waals surface area contributed by atoms with Crippen molar-refractivity contribution in [2.45, 2.75) is 13.2 Å². The second-order valence-corrected chi connectivity index (χ2v) is 9.09. The summed E-state index contributed by atoms with van der Waals surface area (Å²) in [5.74, 6) is 1.89. The number of hydrogen-bond acceptors (Lipinski definition) is 5. The van der Waals surface area contributed by atoms with Gasteiger partial charge in [-0.1, -0.05) is 59.6 Å². The Morgan fingerprint density at radius 3 is 2.58 bits per heavy atom. The first kappa shape index (κ1) is 23.6. The van der Waals surface area contributed by atoms with E-state index in [0.717, 1.165) is 21.2 Å². The fourth-order valence-corrected chi connectivity index (χ4v) is 4.32. The van der Waals surface area contributed by atoms with Crippen molar-refractivity contribution in [2.24, 2.45) is 0 Å². The molecule has 3 aromatic carbocycles. The molecule has 1 heterocycles. The van der Waals surface area contributed by atoms with Crippen molar-refractivity contribution in [1.29, 1.82) is 0 Å². The third-order valence-corrected chi connectivity index (χ3v) is 6.40. The molecular weight excluding hydrogens is 547 g/mol. The molecule has 0 aliphatic carbocycles. The van der Waals surface area contributed by atoms with Crippen molar-refractivity contribution in [3.05, 3.63) is 91.1 Å². The number of ether oxygens (including phenoxy) is 2. The molecule has 0 saturated carbocycles. The lowest BCUT2D eigenvalue weighted by atomic mass is 10.2. The third kappa shape index (κ3) is 5.52. The molecule has 0 aliphatic heterocycles. The second-order valence-electron chi connectivity index (χ2n) is 7.03. The first-order valence-corrected chi connectivity index (χ1v) is 11.8. The highest BCUT2D eigenvalue weighted by Gasteiger charge is 2.14. The Morgan fingerprint density at radius 1 is 1.06 bits per heavy atom. The highest BCUT2D eigenvalue weighted by atomic mass is 79.9. The Hall–Kier alpha value is -2.52. The van der Waals surface area contributed by atoms with Gasteiger partial charge in [0.05, 0.1) is 28.2 Å². The molecule has 0 amide bonds. The molecule has 2 N–H and O–H groups in total. The summed E-state index contributed by atoms with van der Waals surface area (Å²) in [6.45, 7) is 0.795. The van der Waals surface area contributed by atoms with Crippen molar-refractivity contribution in [1.82, 2.24) is 14.9 Å². The van der Waals surface area contributed by atoms with E-state index >= 15 is 0 Å². The van der Waals surface area contributed by atoms with Crippen LogP contribution in [0.3, 0.4) is 0 Å². The van der Waals surface area contributed by atoms with Gasteiger partial charge in [-0.3, -0.25) is 0 Å². The summed E-state index contributed by atoms with van der Waals surface area (Å²) in [7, 11) is 1.60. The maximum absolute atomic E-state index is 6.10. The topological polar surface area (TPSA) is 64.1 Å². The van der Waals surface area contributed by atoms with E-state index in [1.165, 1.54) is 0 Å². The molecule has 170 valence electrons. The van der Waals surface area contributed by atoms with Gasteiger partial charge < -0.3 is 14.9 Å². The van der Waals surface area contributed by atoms with Gasteiger partial charge in [-0.05, 0) is 63.5 Å². The molecule has 0 saturated heterocycles. The monoisotopic (exact) mass is 564 g/mol. The summed E-state index contributed by atoms with van der Waals surface area (Å²) in [5, 5.41) is 8.16. The van der Waals surface area contributed by atoms with Gasteiger partial charge in [-0.25, -0.2) is 9.77 Å². The molecule has 10 heteroatoms. The van der Waals surface area contributed by atoms with Crippen LogP contribution in [-0.4, -0.2) is 22.0 Å². The number of rotatable bonds is 8. The molecular formula is C23H19BrCl2N4O2S. The largest absolute Gasteiger partial charge is 0.493 e. The van der Waals surface area contributed by atoms with Crippen molar-refractivity contribution in [2.75, 3.05) is 12.5 Å². The molecule has 0 spiro atoms. The number of H-pyrrole nitrogens is 1. The van der Waals surface area contributed by atoms with Crippen LogP contribution in [0, 0.1) is 4.77 Å². The van der Waals surface area contributed by atoms with Crippen LogP contribution < -0.4 is 14.9 Å². The zero-order valence-electron chi connectivity index (χ0n) is 17.4. The third-order valence-electron chi connectivity index (χ3n) is 4.80. The number of methoxy groups -OCH3 is 1. The Kier molecular flexibility index (Phi) is 7.60. The number of benzene rings is 3. The van der Waals surface area contributed by atoms with Crippen LogP contribution in [0.15, 0.2) is 65.1 Å². The minimum atomic E-state index is 0.314. The van der Waals surface area contributed by atoms with Gasteiger partial charge >= 0.3 is 0 Å². The number of aromatic nitrogens is 3. The number of aromatic amines is 1. The Bertz CT molecular complexity index is 1330. The van der Waals surface area contributed by atoms with Crippen LogP contribution >= 0.6 is 51.3 Å². The number of halogens is 3. The Labute approximate surface area is 214 Å². The van der Waals surface area contributed by atoms with Gasteiger partial charge in [0.2, 0.25) is 4.77 Å². The first-order chi connectivity index (χ1) is 16.0. The lowest BCUT2D eigenvalue weighted by molar-refractivity contribution is 0.282. The maximum atomic E-state index is 6.10. The molecule has 6 nitrogen and oxygen atoms in total. The minimum Gasteiger partial charge on any atom is -0.493 e. The van der Waals surface area contributed by atoms with E-state index in [4.69, 9.17) is 44.9 Å². The van der Waals surface area contributed by atoms with Crippen LogP contribution in [0.2, 0.25) is 10.0 Å². The number of nitrogens with one attached hydrogen (secondary N) is 2. The van der Waals surface area contributed by atoms with E-state index in [2.05, 4.69) is 31.6 Å². The zero-order valence-corrected chi connectivity index (χ0v) is 21.4. The lowest BCUT2D eigenvalue weighted by Gasteiger charge is -2.16. The van der Waals surface area contributed by atoms with Crippen molar-refractivity contribution in [3.8, 4) is 22.9 Å². The van der Waals surface area contributed by atoms with Crippen molar-refractivity contribution >= 4 is 51.3 Å². The number of nitrogens with zero attached hydrogens (tertiary/aromatic N) is 2. The van der Waals surface area contributed by atoms with E-state index in [1.807, 2.05) is 48.5 Å². The fraction of sp³-hybridized carbons (Fsp3) is 0.130. The molecule has 4 rings (SSSR count). The van der Waals surface area contributed by atoms with Gasteiger partial charge in [0.1, 0.15) is 6.61 Å². The van der Waals surface area contributed by atoms with Crippen LogP contribution in [0.4, 0.5) is 0 Å². The van der Waals surface area contributed by atoms with E-state index in [-0.39, 0.29) is 0 Å². The highest BCUT2D eigenvalue weighted by molar-refractivity contribution is 9.10. The zero-order chi connectivity index (χ0) is 23.4. The average molecular weight is 566 g/mol. The average Bonchev–Trinajstić information content (AvgIpc) is 3.19. The molecule has 0 aliphatic rings. The predicted molar refractivity (Wildman–Crippen MR) is 137 cm³/mol. The normalized spacial score (nSPS) is 10.8. The molecule has 0 unspecified atom stereocenters. The highest BCUT2D eigenvalue weighted by Crippen LogP contribution is 2.37. The van der Waals surface area contributed by atoms with Crippen LogP contribution in [0.25, 0.3) is 11.4 Å². The lowest BCUT2D eigenvalue weighted by Crippen LogP contribution is -2.16. The van der Waals surface area contributed by atoms with E-state index in [1.54, 1.807) is 23.9 Å². The SMILES string of the molecule is COc1cc(CNn2c(-c3ccccc3)n[nH]c2=S)cc(Br)c1OCc1ccc(Cl)c(Cl)c1. The Balaban J connectivity index is 1.51. The number of hydrogen-bond donors (Lipinski definition) is 2. The molecule has 33 heavy (non-hydrogen) atoms. The second kappa shape index (κ2) is 10.6. The summed E-state index contributed by atoms with van der Waals surface area (Å²) >= 11 is 21.1. The van der Waals surface area contributed by atoms with Crippen molar-refractivity contribution < 1.29 is 9.47 Å². The quantitative estimate of drug-likeness (QED) is 0.225. The van der Waals surface area contributed by atoms with Crippen molar-refractivity contribution in [3.63, 3.8) is 0 Å². The van der Waals surface area contributed by atoms with E-state index in [0.29, 0.717) is 45.3 Å². The van der Waals surface area contributed by atoms with Crippen LogP contribution in [-0.2, 0) is 13.2 Å². The summed E-state index contributed by atoms with van der Waals surface area (Å²) in [6.07, 6.45) is 0. The summed E-state index contributed by atoms with van der Waals surface area (Å²) in [5.41, 5.74) is 6.12. The van der Waals surface area contributed by atoms with Gasteiger partial charge in [0.25, 0.3) is 0 Å².